The topological polar surface area (TPSA) is 81.1 Å². The summed E-state index contributed by atoms with van der Waals surface area (Å²) in [4.78, 5) is 14.4. The van der Waals surface area contributed by atoms with Crippen molar-refractivity contribution in [3.05, 3.63) is 75.3 Å². The molecule has 0 bridgehead atoms. The number of unbranched alkanes of at least 4 members (excludes halogenated alkanes) is 1. The first-order valence-corrected chi connectivity index (χ1v) is 12.6. The highest BCUT2D eigenvalue weighted by molar-refractivity contribution is 7.80. The SMILES string of the molecule is CCCCc1ccc(-n2nc3cc(C)c(NC(=S)NC(=O)c4cc(Cl)cc(Cl)c4OC)cc3n2)cc1. The van der Waals surface area contributed by atoms with Gasteiger partial charge in [-0.2, -0.15) is 4.80 Å². The first-order chi connectivity index (χ1) is 17.3. The van der Waals surface area contributed by atoms with E-state index in [9.17, 15) is 4.79 Å². The number of hydrogen-bond acceptors (Lipinski definition) is 5. The van der Waals surface area contributed by atoms with Crippen LogP contribution in [0.4, 0.5) is 5.69 Å². The molecule has 0 unspecified atom stereocenters. The molecule has 1 aromatic heterocycles. The molecule has 7 nitrogen and oxygen atoms in total. The second-order valence-electron chi connectivity index (χ2n) is 8.29. The number of carbonyl (C=O) groups is 1. The number of anilines is 1. The Morgan fingerprint density at radius 1 is 1.08 bits per heavy atom. The molecule has 0 saturated carbocycles. The zero-order valence-electron chi connectivity index (χ0n) is 20.1. The van der Waals surface area contributed by atoms with Crippen LogP contribution in [0.5, 0.6) is 5.75 Å². The van der Waals surface area contributed by atoms with E-state index in [2.05, 4.69) is 39.9 Å². The van der Waals surface area contributed by atoms with Gasteiger partial charge in [0.05, 0.1) is 23.4 Å². The van der Waals surface area contributed by atoms with E-state index in [1.165, 1.54) is 37.6 Å². The van der Waals surface area contributed by atoms with Gasteiger partial charge in [-0.1, -0.05) is 48.7 Å². The molecule has 186 valence electrons. The molecule has 0 spiro atoms. The zero-order chi connectivity index (χ0) is 25.8. The first-order valence-electron chi connectivity index (χ1n) is 11.4. The molecule has 4 aromatic rings. The Balaban J connectivity index is 1.51. The van der Waals surface area contributed by atoms with Crippen molar-refractivity contribution >= 4 is 63.2 Å². The van der Waals surface area contributed by atoms with Crippen LogP contribution in [0.25, 0.3) is 16.7 Å². The summed E-state index contributed by atoms with van der Waals surface area (Å²) < 4.78 is 5.25. The van der Waals surface area contributed by atoms with Crippen LogP contribution in [0, 0.1) is 6.92 Å². The molecule has 36 heavy (non-hydrogen) atoms. The monoisotopic (exact) mass is 541 g/mol. The Bertz CT molecular complexity index is 1440. The quantitative estimate of drug-likeness (QED) is 0.259. The number of benzene rings is 3. The van der Waals surface area contributed by atoms with E-state index >= 15 is 0 Å². The minimum absolute atomic E-state index is 0.107. The summed E-state index contributed by atoms with van der Waals surface area (Å²) in [6, 6.07) is 15.0. The van der Waals surface area contributed by atoms with E-state index < -0.39 is 5.91 Å². The van der Waals surface area contributed by atoms with Crippen LogP contribution in [0.15, 0.2) is 48.5 Å². The average Bonchev–Trinajstić information content (AvgIpc) is 3.25. The van der Waals surface area contributed by atoms with Gasteiger partial charge in [-0.25, -0.2) is 0 Å². The van der Waals surface area contributed by atoms with Crippen LogP contribution in [0.2, 0.25) is 10.0 Å². The van der Waals surface area contributed by atoms with Crippen molar-refractivity contribution in [3.8, 4) is 11.4 Å². The van der Waals surface area contributed by atoms with Gasteiger partial charge in [0.1, 0.15) is 16.8 Å². The minimum Gasteiger partial charge on any atom is -0.494 e. The Morgan fingerprint density at radius 2 is 1.78 bits per heavy atom. The normalized spacial score (nSPS) is 10.9. The maximum atomic E-state index is 12.8. The van der Waals surface area contributed by atoms with Crippen molar-refractivity contribution < 1.29 is 9.53 Å². The van der Waals surface area contributed by atoms with Crippen molar-refractivity contribution in [2.24, 2.45) is 0 Å². The number of halogens is 2. The Labute approximate surface area is 224 Å². The molecule has 0 aliphatic rings. The molecule has 1 amide bonds. The average molecular weight is 542 g/mol. The lowest BCUT2D eigenvalue weighted by Crippen LogP contribution is -2.34. The molecule has 1 heterocycles. The standard InChI is InChI=1S/C26H25Cl2N5O2S/c1-4-5-6-16-7-9-18(10-8-16)33-31-22-11-15(2)21(14-23(22)32-33)29-26(36)30-25(34)19-12-17(27)13-20(28)24(19)35-3/h7-14H,4-6H2,1-3H3,(H2,29,30,34,36). The zero-order valence-corrected chi connectivity index (χ0v) is 22.4. The number of carbonyl (C=O) groups excluding carboxylic acids is 1. The molecule has 0 radical (unpaired) electrons. The molecule has 0 aliphatic heterocycles. The van der Waals surface area contributed by atoms with Crippen molar-refractivity contribution in [3.63, 3.8) is 0 Å². The summed E-state index contributed by atoms with van der Waals surface area (Å²) in [5.41, 5.74) is 5.39. The fourth-order valence-corrected chi connectivity index (χ4v) is 4.53. The summed E-state index contributed by atoms with van der Waals surface area (Å²) >= 11 is 17.6. The number of rotatable bonds is 7. The fourth-order valence-electron chi connectivity index (χ4n) is 3.76. The molecular weight excluding hydrogens is 517 g/mol. The Kier molecular flexibility index (Phi) is 8.08. The van der Waals surface area contributed by atoms with Crippen molar-refractivity contribution in [1.82, 2.24) is 20.3 Å². The maximum absolute atomic E-state index is 12.8. The van der Waals surface area contributed by atoms with E-state index in [0.29, 0.717) is 16.2 Å². The van der Waals surface area contributed by atoms with E-state index in [1.807, 2.05) is 31.2 Å². The highest BCUT2D eigenvalue weighted by Gasteiger charge is 2.18. The van der Waals surface area contributed by atoms with E-state index in [4.69, 9.17) is 40.2 Å². The van der Waals surface area contributed by atoms with Gasteiger partial charge in [0.2, 0.25) is 0 Å². The summed E-state index contributed by atoms with van der Waals surface area (Å²) in [6.45, 7) is 4.11. The molecule has 4 rings (SSSR count). The Morgan fingerprint density at radius 3 is 2.44 bits per heavy atom. The number of aryl methyl sites for hydroxylation is 2. The number of aromatic nitrogens is 3. The van der Waals surface area contributed by atoms with Gasteiger partial charge in [0, 0.05) is 10.7 Å². The van der Waals surface area contributed by atoms with Crippen LogP contribution in [-0.4, -0.2) is 33.1 Å². The van der Waals surface area contributed by atoms with Crippen molar-refractivity contribution in [2.75, 3.05) is 12.4 Å². The van der Waals surface area contributed by atoms with Crippen LogP contribution in [0.1, 0.15) is 41.3 Å². The van der Waals surface area contributed by atoms with Gasteiger partial charge in [-0.3, -0.25) is 10.1 Å². The summed E-state index contributed by atoms with van der Waals surface area (Å²) in [5, 5.41) is 15.6. The predicted octanol–water partition coefficient (Wildman–Crippen LogP) is 6.51. The van der Waals surface area contributed by atoms with Crippen LogP contribution in [-0.2, 0) is 6.42 Å². The summed E-state index contributed by atoms with van der Waals surface area (Å²) in [7, 11) is 1.43. The van der Waals surface area contributed by atoms with Crippen LogP contribution >= 0.6 is 35.4 Å². The van der Waals surface area contributed by atoms with E-state index in [-0.39, 0.29) is 21.4 Å². The first kappa shape index (κ1) is 25.9. The largest absolute Gasteiger partial charge is 0.494 e. The van der Waals surface area contributed by atoms with E-state index in [0.717, 1.165) is 23.2 Å². The smallest absolute Gasteiger partial charge is 0.261 e. The Hall–Kier alpha value is -3.20. The van der Waals surface area contributed by atoms with Crippen molar-refractivity contribution in [2.45, 2.75) is 33.1 Å². The lowest BCUT2D eigenvalue weighted by atomic mass is 10.1. The molecule has 0 atom stereocenters. The lowest BCUT2D eigenvalue weighted by molar-refractivity contribution is 0.0974. The molecule has 10 heteroatoms. The number of ether oxygens (including phenoxy) is 1. The summed E-state index contributed by atoms with van der Waals surface area (Å²) in [5.74, 6) is -0.283. The number of nitrogens with one attached hydrogen (secondary N) is 2. The van der Waals surface area contributed by atoms with Gasteiger partial charge in [-0.05, 0) is 79.5 Å². The third kappa shape index (κ3) is 5.78. The fraction of sp³-hybridized carbons (Fsp3) is 0.231. The number of nitrogens with zero attached hydrogens (tertiary/aromatic N) is 3. The molecule has 0 fully saturated rings. The molecule has 0 saturated heterocycles. The molecular formula is C26H25Cl2N5O2S. The van der Waals surface area contributed by atoms with Gasteiger partial charge < -0.3 is 10.1 Å². The number of methoxy groups -OCH3 is 1. The van der Waals surface area contributed by atoms with Gasteiger partial charge in [-0.15, -0.1) is 10.2 Å². The maximum Gasteiger partial charge on any atom is 0.261 e. The second-order valence-corrected chi connectivity index (χ2v) is 9.54. The summed E-state index contributed by atoms with van der Waals surface area (Å²) in [6.07, 6.45) is 3.40. The number of amides is 1. The van der Waals surface area contributed by atoms with Crippen LogP contribution in [0.3, 0.4) is 0 Å². The molecule has 2 N–H and O–H groups in total. The second kappa shape index (κ2) is 11.2. The number of hydrogen-bond donors (Lipinski definition) is 2. The van der Waals surface area contributed by atoms with Gasteiger partial charge in [0.15, 0.2) is 5.11 Å². The highest BCUT2D eigenvalue weighted by atomic mass is 35.5. The predicted molar refractivity (Wildman–Crippen MR) is 149 cm³/mol. The van der Waals surface area contributed by atoms with Crippen LogP contribution < -0.4 is 15.4 Å². The van der Waals surface area contributed by atoms with Gasteiger partial charge >= 0.3 is 0 Å². The van der Waals surface area contributed by atoms with E-state index in [1.54, 1.807) is 4.80 Å². The third-order valence-corrected chi connectivity index (χ3v) is 6.35. The number of thiocarbonyl (C=S) groups is 1. The van der Waals surface area contributed by atoms with Crippen molar-refractivity contribution in [1.29, 1.82) is 0 Å². The number of fused-ring (bicyclic) bond motifs is 1. The molecule has 3 aromatic carbocycles. The third-order valence-electron chi connectivity index (χ3n) is 5.65. The highest BCUT2D eigenvalue weighted by Crippen LogP contribution is 2.32. The lowest BCUT2D eigenvalue weighted by Gasteiger charge is -2.14. The molecule has 0 aliphatic carbocycles. The van der Waals surface area contributed by atoms with Gasteiger partial charge in [0.25, 0.3) is 5.91 Å². The minimum atomic E-state index is -0.499.